The van der Waals surface area contributed by atoms with Crippen LogP contribution in [0.25, 0.3) is 5.57 Å². The van der Waals surface area contributed by atoms with Gasteiger partial charge in [-0.25, -0.2) is 0 Å². The zero-order valence-corrected chi connectivity index (χ0v) is 13.7. The lowest BCUT2D eigenvalue weighted by atomic mass is 9.65. The van der Waals surface area contributed by atoms with E-state index < -0.39 is 0 Å². The molecule has 1 heteroatoms. The summed E-state index contributed by atoms with van der Waals surface area (Å²) in [6, 6.07) is 8.22. The third-order valence-electron chi connectivity index (χ3n) is 5.50. The summed E-state index contributed by atoms with van der Waals surface area (Å²) in [7, 11) is 0. The maximum atomic E-state index is 5.86. The highest BCUT2D eigenvalue weighted by Crippen LogP contribution is 2.51. The molecule has 0 bridgehead atoms. The average molecular weight is 309 g/mol. The van der Waals surface area contributed by atoms with Gasteiger partial charge in [-0.3, -0.25) is 0 Å². The second-order valence-electron chi connectivity index (χ2n) is 6.87. The third-order valence-corrected chi connectivity index (χ3v) is 5.50. The van der Waals surface area contributed by atoms with Crippen molar-refractivity contribution in [2.24, 2.45) is 5.92 Å². The van der Waals surface area contributed by atoms with E-state index in [9.17, 15) is 0 Å². The van der Waals surface area contributed by atoms with E-state index in [-0.39, 0.29) is 0 Å². The molecule has 0 saturated heterocycles. The van der Waals surface area contributed by atoms with Crippen LogP contribution in [0.1, 0.15) is 18.9 Å². The number of hydrogen-bond donors (Lipinski definition) is 1. The van der Waals surface area contributed by atoms with Crippen molar-refractivity contribution in [1.82, 2.24) is 0 Å². The number of hydrogen-bond acceptors (Lipinski definition) is 1. The van der Waals surface area contributed by atoms with E-state index in [1.165, 1.54) is 44.6 Å². The van der Waals surface area contributed by atoms with Crippen molar-refractivity contribution in [3.05, 3.63) is 106 Å². The highest BCUT2D eigenvalue weighted by atomic mass is 14.5. The second-order valence-corrected chi connectivity index (χ2v) is 6.87. The van der Waals surface area contributed by atoms with E-state index in [2.05, 4.69) is 61.6 Å². The van der Waals surface area contributed by atoms with E-state index in [1.54, 1.807) is 0 Å². The Kier molecular flexibility index (Phi) is 2.75. The minimum absolute atomic E-state index is 0.381. The van der Waals surface area contributed by atoms with Crippen LogP contribution in [-0.4, -0.2) is 0 Å². The number of benzene rings is 1. The maximum Gasteiger partial charge on any atom is 0.0355 e. The molecule has 0 spiro atoms. The van der Waals surface area contributed by atoms with Gasteiger partial charge in [-0.15, -0.1) is 0 Å². The summed E-state index contributed by atoms with van der Waals surface area (Å²) in [5.41, 5.74) is 17.8. The Labute approximate surface area is 142 Å². The largest absolute Gasteiger partial charge is 0.399 e. The van der Waals surface area contributed by atoms with Gasteiger partial charge >= 0.3 is 0 Å². The molecule has 4 aliphatic rings. The van der Waals surface area contributed by atoms with E-state index >= 15 is 0 Å². The number of rotatable bonds is 1. The summed E-state index contributed by atoms with van der Waals surface area (Å²) in [4.78, 5) is 0. The second kappa shape index (κ2) is 4.85. The number of nitrogens with two attached hydrogens (primary N) is 1. The Hall–Kier alpha value is -2.80. The predicted octanol–water partition coefficient (Wildman–Crippen LogP) is 5.29. The van der Waals surface area contributed by atoms with Crippen molar-refractivity contribution in [2.45, 2.75) is 13.3 Å². The fourth-order valence-corrected chi connectivity index (χ4v) is 4.25. The Balaban J connectivity index is 1.71. The van der Waals surface area contributed by atoms with E-state index in [1.807, 2.05) is 12.1 Å². The first-order valence-corrected chi connectivity index (χ1v) is 8.51. The van der Waals surface area contributed by atoms with Gasteiger partial charge in [0.05, 0.1) is 0 Å². The third kappa shape index (κ3) is 1.81. The molecule has 0 aliphatic heterocycles. The normalized spacial score (nSPS) is 23.7. The molecule has 1 unspecified atom stereocenters. The zero-order chi connectivity index (χ0) is 16.3. The topological polar surface area (TPSA) is 26.0 Å². The fraction of sp³-hybridized carbons (Fsp3) is 0.130. The van der Waals surface area contributed by atoms with E-state index in [4.69, 9.17) is 5.73 Å². The molecule has 1 atom stereocenters. The summed E-state index contributed by atoms with van der Waals surface area (Å²) in [6.45, 7) is 2.23. The summed E-state index contributed by atoms with van der Waals surface area (Å²) >= 11 is 0. The molecule has 0 aromatic heterocycles. The lowest BCUT2D eigenvalue weighted by molar-refractivity contribution is 0.830. The first-order chi connectivity index (χ1) is 11.7. The van der Waals surface area contributed by atoms with Crippen LogP contribution in [-0.2, 0) is 0 Å². The van der Waals surface area contributed by atoms with Crippen LogP contribution in [0.4, 0.5) is 5.69 Å². The monoisotopic (exact) mass is 309 g/mol. The molecule has 0 heterocycles. The van der Waals surface area contributed by atoms with Crippen molar-refractivity contribution in [3.63, 3.8) is 0 Å². The molecular weight excluding hydrogens is 290 g/mol. The molecule has 1 aromatic rings. The van der Waals surface area contributed by atoms with Gasteiger partial charge in [0.1, 0.15) is 0 Å². The van der Waals surface area contributed by atoms with Crippen molar-refractivity contribution >= 4 is 11.3 Å². The highest BCUT2D eigenvalue weighted by molar-refractivity contribution is 5.87. The molecule has 0 saturated carbocycles. The summed E-state index contributed by atoms with van der Waals surface area (Å²) in [5.74, 6) is 0.381. The number of anilines is 1. The molecule has 24 heavy (non-hydrogen) atoms. The van der Waals surface area contributed by atoms with Crippen molar-refractivity contribution < 1.29 is 0 Å². The molecular formula is C23H19N. The smallest absolute Gasteiger partial charge is 0.0355 e. The van der Waals surface area contributed by atoms with E-state index in [0.29, 0.717) is 5.92 Å². The summed E-state index contributed by atoms with van der Waals surface area (Å²) in [5, 5.41) is 0. The molecule has 1 aromatic carbocycles. The van der Waals surface area contributed by atoms with Crippen LogP contribution >= 0.6 is 0 Å². The lowest BCUT2D eigenvalue weighted by Crippen LogP contribution is -2.23. The van der Waals surface area contributed by atoms with Crippen LogP contribution in [0, 0.1) is 5.92 Å². The number of allylic oxidation sites excluding steroid dienone is 14. The van der Waals surface area contributed by atoms with Gasteiger partial charge in [-0.1, -0.05) is 54.7 Å². The first kappa shape index (κ1) is 13.6. The van der Waals surface area contributed by atoms with Crippen LogP contribution in [0.3, 0.4) is 0 Å². The van der Waals surface area contributed by atoms with Gasteiger partial charge in [-0.2, -0.15) is 0 Å². The Bertz CT molecular complexity index is 969. The van der Waals surface area contributed by atoms with Gasteiger partial charge in [-0.05, 0) is 70.1 Å². The van der Waals surface area contributed by atoms with Crippen LogP contribution in [0.15, 0.2) is 100 Å². The van der Waals surface area contributed by atoms with Crippen molar-refractivity contribution in [1.29, 1.82) is 0 Å². The van der Waals surface area contributed by atoms with Crippen molar-refractivity contribution in [2.75, 3.05) is 5.73 Å². The standard InChI is InChI=1S/C23H19N/c1-14-2-3-16-8-13-21-20(15-4-9-18(24)10-5-15)12-7-17-6-11-19(14)22(16)23(17)21/h2,4-13,23H,3,24H2,1H3. The molecule has 1 nitrogen and oxygen atoms in total. The molecule has 0 amide bonds. The molecule has 116 valence electrons. The minimum atomic E-state index is 0.381. The molecule has 5 rings (SSSR count). The molecule has 0 fully saturated rings. The molecule has 0 radical (unpaired) electrons. The Morgan fingerprint density at radius 2 is 1.79 bits per heavy atom. The Morgan fingerprint density at radius 1 is 0.958 bits per heavy atom. The highest BCUT2D eigenvalue weighted by Gasteiger charge is 2.35. The van der Waals surface area contributed by atoms with Crippen LogP contribution < -0.4 is 5.73 Å². The van der Waals surface area contributed by atoms with Crippen LogP contribution in [0.2, 0.25) is 0 Å². The molecule has 4 aliphatic carbocycles. The van der Waals surface area contributed by atoms with Crippen molar-refractivity contribution in [3.8, 4) is 0 Å². The maximum absolute atomic E-state index is 5.86. The van der Waals surface area contributed by atoms with Gasteiger partial charge < -0.3 is 5.73 Å². The SMILES string of the molecule is CC1=CCC2=CC=C3C(c4ccc(N)cc4)=CC=C4C=CC1=C2C43. The summed E-state index contributed by atoms with van der Waals surface area (Å²) in [6.07, 6.45) is 17.2. The first-order valence-electron chi connectivity index (χ1n) is 8.51. The Morgan fingerprint density at radius 3 is 2.62 bits per heavy atom. The molecule has 2 N–H and O–H groups in total. The van der Waals surface area contributed by atoms with Gasteiger partial charge in [0.15, 0.2) is 0 Å². The summed E-state index contributed by atoms with van der Waals surface area (Å²) < 4.78 is 0. The lowest BCUT2D eigenvalue weighted by Gasteiger charge is -2.38. The predicted molar refractivity (Wildman–Crippen MR) is 101 cm³/mol. The van der Waals surface area contributed by atoms with Gasteiger partial charge in [0.25, 0.3) is 0 Å². The fourth-order valence-electron chi connectivity index (χ4n) is 4.25. The average Bonchev–Trinajstić information content (AvgIpc) is 2.62. The van der Waals surface area contributed by atoms with Gasteiger partial charge in [0.2, 0.25) is 0 Å². The van der Waals surface area contributed by atoms with Crippen LogP contribution in [0.5, 0.6) is 0 Å². The van der Waals surface area contributed by atoms with E-state index in [0.717, 1.165) is 12.1 Å². The number of nitrogen functional groups attached to an aromatic ring is 1. The van der Waals surface area contributed by atoms with Gasteiger partial charge in [0, 0.05) is 11.6 Å². The minimum Gasteiger partial charge on any atom is -0.399 e. The quantitative estimate of drug-likeness (QED) is 0.701. The zero-order valence-electron chi connectivity index (χ0n) is 13.7.